The summed E-state index contributed by atoms with van der Waals surface area (Å²) in [6.45, 7) is 10.2. The van der Waals surface area contributed by atoms with Crippen molar-refractivity contribution in [1.29, 1.82) is 0 Å². The third kappa shape index (κ3) is 3.98. The fourth-order valence-corrected chi connectivity index (χ4v) is 3.07. The Balaban J connectivity index is 2.65. The molecule has 2 N–H and O–H groups in total. The Hall–Kier alpha value is -1.09. The van der Waals surface area contributed by atoms with Crippen LogP contribution in [-0.4, -0.2) is 22.3 Å². The highest BCUT2D eigenvalue weighted by Crippen LogP contribution is 2.45. The molecule has 0 spiro atoms. The number of carboxylic acid groups (broad SMARTS) is 1. The van der Waals surface area contributed by atoms with Gasteiger partial charge in [-0.05, 0) is 43.9 Å². The van der Waals surface area contributed by atoms with Crippen molar-refractivity contribution < 1.29 is 15.0 Å². The second-order valence-electron chi connectivity index (χ2n) is 6.13. The van der Waals surface area contributed by atoms with Crippen molar-refractivity contribution in [3.8, 4) is 0 Å². The second kappa shape index (κ2) is 5.70. The van der Waals surface area contributed by atoms with Crippen LogP contribution in [0.25, 0.3) is 0 Å². The van der Waals surface area contributed by atoms with E-state index in [1.54, 1.807) is 0 Å². The number of carbonyl (C=O) groups is 1. The molecule has 0 amide bonds. The highest BCUT2D eigenvalue weighted by Gasteiger charge is 2.37. The monoisotopic (exact) mass is 252 g/mol. The number of carboxylic acids is 1. The van der Waals surface area contributed by atoms with Gasteiger partial charge >= 0.3 is 5.97 Å². The first-order valence-corrected chi connectivity index (χ1v) is 6.48. The van der Waals surface area contributed by atoms with E-state index in [9.17, 15) is 9.90 Å². The Morgan fingerprint density at radius 3 is 2.67 bits per heavy atom. The zero-order valence-corrected chi connectivity index (χ0v) is 11.6. The number of rotatable bonds is 4. The highest BCUT2D eigenvalue weighted by atomic mass is 16.4. The molecule has 0 unspecified atom stereocenters. The van der Waals surface area contributed by atoms with Crippen LogP contribution in [0.15, 0.2) is 23.8 Å². The van der Waals surface area contributed by atoms with Gasteiger partial charge in [-0.25, -0.2) is 4.79 Å². The van der Waals surface area contributed by atoms with Gasteiger partial charge in [0.25, 0.3) is 0 Å². The SMILES string of the molecule is C=C1C[C@H](O)CC(C)(C)[C@H]1CCC(C)=CC(=O)O. The van der Waals surface area contributed by atoms with Gasteiger partial charge in [-0.3, -0.25) is 0 Å². The van der Waals surface area contributed by atoms with Crippen LogP contribution in [0.5, 0.6) is 0 Å². The maximum absolute atomic E-state index is 10.6. The van der Waals surface area contributed by atoms with Crippen molar-refractivity contribution in [3.63, 3.8) is 0 Å². The number of aliphatic hydroxyl groups is 1. The van der Waals surface area contributed by atoms with Crippen LogP contribution >= 0.6 is 0 Å². The van der Waals surface area contributed by atoms with Gasteiger partial charge in [0.05, 0.1) is 6.10 Å². The van der Waals surface area contributed by atoms with E-state index in [4.69, 9.17) is 5.11 Å². The summed E-state index contributed by atoms with van der Waals surface area (Å²) >= 11 is 0. The van der Waals surface area contributed by atoms with Crippen LogP contribution in [0, 0.1) is 11.3 Å². The van der Waals surface area contributed by atoms with Gasteiger partial charge in [-0.15, -0.1) is 0 Å². The van der Waals surface area contributed by atoms with Crippen LogP contribution in [0.1, 0.15) is 46.5 Å². The normalized spacial score (nSPS) is 28.2. The zero-order chi connectivity index (χ0) is 13.9. The fraction of sp³-hybridized carbons (Fsp3) is 0.667. The smallest absolute Gasteiger partial charge is 0.328 e. The van der Waals surface area contributed by atoms with Crippen molar-refractivity contribution in [2.45, 2.75) is 52.6 Å². The lowest BCUT2D eigenvalue weighted by atomic mass is 9.64. The van der Waals surface area contributed by atoms with Gasteiger partial charge in [-0.2, -0.15) is 0 Å². The van der Waals surface area contributed by atoms with Crippen LogP contribution in [-0.2, 0) is 4.79 Å². The van der Waals surface area contributed by atoms with Crippen molar-refractivity contribution in [1.82, 2.24) is 0 Å². The molecular formula is C15H24O3. The van der Waals surface area contributed by atoms with Gasteiger partial charge in [-0.1, -0.05) is 31.6 Å². The number of allylic oxidation sites excluding steroid dienone is 1. The molecule has 0 radical (unpaired) electrons. The number of aliphatic hydroxyl groups excluding tert-OH is 1. The molecule has 1 rings (SSSR count). The van der Waals surface area contributed by atoms with Crippen LogP contribution in [0.2, 0.25) is 0 Å². The summed E-state index contributed by atoms with van der Waals surface area (Å²) < 4.78 is 0. The first-order valence-electron chi connectivity index (χ1n) is 6.48. The van der Waals surface area contributed by atoms with Gasteiger partial charge in [0.15, 0.2) is 0 Å². The first-order chi connectivity index (χ1) is 8.22. The first kappa shape index (κ1) is 15.0. The maximum atomic E-state index is 10.6. The predicted molar refractivity (Wildman–Crippen MR) is 72.3 cm³/mol. The van der Waals surface area contributed by atoms with E-state index in [0.29, 0.717) is 12.3 Å². The molecule has 0 aromatic heterocycles. The van der Waals surface area contributed by atoms with Gasteiger partial charge in [0.2, 0.25) is 0 Å². The van der Waals surface area contributed by atoms with E-state index >= 15 is 0 Å². The molecule has 0 bridgehead atoms. The van der Waals surface area contributed by atoms with Gasteiger partial charge in [0.1, 0.15) is 0 Å². The van der Waals surface area contributed by atoms with E-state index in [0.717, 1.165) is 30.4 Å². The maximum Gasteiger partial charge on any atom is 0.328 e. The molecule has 18 heavy (non-hydrogen) atoms. The van der Waals surface area contributed by atoms with Crippen LogP contribution < -0.4 is 0 Å². The number of hydrogen-bond acceptors (Lipinski definition) is 2. The molecule has 1 saturated carbocycles. The molecule has 0 saturated heterocycles. The molecule has 0 heterocycles. The zero-order valence-electron chi connectivity index (χ0n) is 11.6. The topological polar surface area (TPSA) is 57.5 Å². The molecule has 0 aliphatic heterocycles. The molecular weight excluding hydrogens is 228 g/mol. The third-order valence-corrected chi connectivity index (χ3v) is 3.89. The van der Waals surface area contributed by atoms with Crippen LogP contribution in [0.3, 0.4) is 0 Å². The predicted octanol–water partition coefficient (Wildman–Crippen LogP) is 3.15. The summed E-state index contributed by atoms with van der Waals surface area (Å²) in [7, 11) is 0. The van der Waals surface area contributed by atoms with Crippen molar-refractivity contribution in [2.75, 3.05) is 0 Å². The lowest BCUT2D eigenvalue weighted by Gasteiger charge is -2.42. The van der Waals surface area contributed by atoms with E-state index in [1.807, 2.05) is 6.92 Å². The summed E-state index contributed by atoms with van der Waals surface area (Å²) in [6, 6.07) is 0. The highest BCUT2D eigenvalue weighted by molar-refractivity contribution is 5.80. The number of hydrogen-bond donors (Lipinski definition) is 2. The second-order valence-corrected chi connectivity index (χ2v) is 6.13. The molecule has 0 aromatic carbocycles. The Bertz CT molecular complexity index is 366. The minimum atomic E-state index is -0.885. The molecule has 1 aliphatic carbocycles. The quantitative estimate of drug-likeness (QED) is 0.597. The summed E-state index contributed by atoms with van der Waals surface area (Å²) in [5, 5.41) is 18.5. The average Bonchev–Trinajstić information content (AvgIpc) is 2.12. The number of aliphatic carboxylic acids is 1. The summed E-state index contributed by atoms with van der Waals surface area (Å²) in [6.07, 6.45) is 4.14. The van der Waals surface area contributed by atoms with Gasteiger partial charge in [0, 0.05) is 6.08 Å². The largest absolute Gasteiger partial charge is 0.478 e. The molecule has 3 heteroatoms. The Labute approximate surface area is 109 Å². The summed E-state index contributed by atoms with van der Waals surface area (Å²) in [4.78, 5) is 10.6. The standard InChI is InChI=1S/C15H24O3/c1-10(7-14(17)18)5-6-13-11(2)8-12(16)9-15(13,3)4/h7,12-13,16H,2,5-6,8-9H2,1,3-4H3,(H,17,18)/t12-,13-/m0/s1. The molecule has 1 fully saturated rings. The molecule has 102 valence electrons. The molecule has 0 aromatic rings. The van der Waals surface area contributed by atoms with E-state index in [-0.39, 0.29) is 11.5 Å². The molecule has 2 atom stereocenters. The Morgan fingerprint density at radius 1 is 1.56 bits per heavy atom. The van der Waals surface area contributed by atoms with E-state index < -0.39 is 5.97 Å². The Morgan fingerprint density at radius 2 is 2.17 bits per heavy atom. The fourth-order valence-electron chi connectivity index (χ4n) is 3.07. The third-order valence-electron chi connectivity index (χ3n) is 3.89. The van der Waals surface area contributed by atoms with Crippen molar-refractivity contribution in [3.05, 3.63) is 23.8 Å². The van der Waals surface area contributed by atoms with Crippen LogP contribution in [0.4, 0.5) is 0 Å². The minimum absolute atomic E-state index is 0.0399. The minimum Gasteiger partial charge on any atom is -0.478 e. The van der Waals surface area contributed by atoms with Gasteiger partial charge < -0.3 is 10.2 Å². The van der Waals surface area contributed by atoms with E-state index in [2.05, 4.69) is 20.4 Å². The van der Waals surface area contributed by atoms with Crippen molar-refractivity contribution in [2.24, 2.45) is 11.3 Å². The lowest BCUT2D eigenvalue weighted by molar-refractivity contribution is -0.131. The summed E-state index contributed by atoms with van der Waals surface area (Å²) in [5.74, 6) is -0.525. The Kier molecular flexibility index (Phi) is 4.74. The van der Waals surface area contributed by atoms with E-state index in [1.165, 1.54) is 6.08 Å². The lowest BCUT2D eigenvalue weighted by Crippen LogP contribution is -2.36. The van der Waals surface area contributed by atoms with Crippen molar-refractivity contribution >= 4 is 5.97 Å². The molecule has 3 nitrogen and oxygen atoms in total. The average molecular weight is 252 g/mol. The summed E-state index contributed by atoms with van der Waals surface area (Å²) in [5.41, 5.74) is 2.03. The molecule has 1 aliphatic rings.